The van der Waals surface area contributed by atoms with Crippen molar-refractivity contribution in [3.63, 3.8) is 0 Å². The molecule has 1 saturated heterocycles. The topological polar surface area (TPSA) is 75.7 Å². The normalized spacial score (nSPS) is 14.4. The van der Waals surface area contributed by atoms with Crippen LogP contribution in [0, 0.1) is 0 Å². The van der Waals surface area contributed by atoms with Crippen LogP contribution in [-0.2, 0) is 11.2 Å². The van der Waals surface area contributed by atoms with Gasteiger partial charge in [-0.15, -0.1) is 11.3 Å². The second-order valence-corrected chi connectivity index (χ2v) is 8.52. The van der Waals surface area contributed by atoms with Gasteiger partial charge in [0.2, 0.25) is 5.91 Å². The zero-order chi connectivity index (χ0) is 21.4. The lowest BCUT2D eigenvalue weighted by atomic mass is 10.2. The van der Waals surface area contributed by atoms with E-state index in [-0.39, 0.29) is 22.9 Å². The number of nitrogens with zero attached hydrogens (tertiary/aromatic N) is 6. The Hall–Kier alpha value is -3.17. The number of thiazole rings is 1. The summed E-state index contributed by atoms with van der Waals surface area (Å²) in [5, 5.41) is 6.40. The van der Waals surface area contributed by atoms with Crippen LogP contribution in [0.5, 0.6) is 0 Å². The van der Waals surface area contributed by atoms with Crippen LogP contribution in [-0.4, -0.2) is 56.2 Å². The molecule has 0 N–H and O–H groups in total. The lowest BCUT2D eigenvalue weighted by Crippen LogP contribution is -2.49. The molecular weight excluding hydrogens is 436 g/mol. The SMILES string of the molecule is O=C(Cc1cn2ccsc2n1)N1CCN(c2cnn(-c3ccccc3)c(=O)c2Cl)CC1. The van der Waals surface area contributed by atoms with E-state index in [1.807, 2.05) is 50.2 Å². The van der Waals surface area contributed by atoms with E-state index in [1.165, 1.54) is 4.68 Å². The predicted molar refractivity (Wildman–Crippen MR) is 120 cm³/mol. The number of imidazole rings is 1. The number of anilines is 1. The summed E-state index contributed by atoms with van der Waals surface area (Å²) in [5.41, 5.74) is 1.68. The van der Waals surface area contributed by atoms with Gasteiger partial charge in [-0.05, 0) is 12.1 Å². The van der Waals surface area contributed by atoms with E-state index in [0.717, 1.165) is 10.7 Å². The Morgan fingerprint density at radius 3 is 2.65 bits per heavy atom. The summed E-state index contributed by atoms with van der Waals surface area (Å²) in [5.74, 6) is 0.0501. The highest BCUT2D eigenvalue weighted by molar-refractivity contribution is 7.15. The van der Waals surface area contributed by atoms with E-state index in [4.69, 9.17) is 11.6 Å². The van der Waals surface area contributed by atoms with E-state index in [9.17, 15) is 9.59 Å². The molecule has 4 aromatic rings. The average Bonchev–Trinajstić information content (AvgIpc) is 3.38. The Bertz CT molecular complexity index is 1260. The van der Waals surface area contributed by atoms with Crippen LogP contribution in [0.15, 0.2) is 59.1 Å². The fourth-order valence-corrected chi connectivity index (χ4v) is 4.69. The van der Waals surface area contributed by atoms with Crippen LogP contribution in [0.1, 0.15) is 5.69 Å². The number of benzene rings is 1. The minimum Gasteiger partial charge on any atom is -0.365 e. The Morgan fingerprint density at radius 1 is 1.13 bits per heavy atom. The second-order valence-electron chi connectivity index (χ2n) is 7.27. The van der Waals surface area contributed by atoms with Crippen LogP contribution in [0.2, 0.25) is 5.02 Å². The van der Waals surface area contributed by atoms with Gasteiger partial charge in [0.15, 0.2) is 4.96 Å². The van der Waals surface area contributed by atoms with Crippen molar-refractivity contribution in [1.82, 2.24) is 24.1 Å². The highest BCUT2D eigenvalue weighted by atomic mass is 35.5. The summed E-state index contributed by atoms with van der Waals surface area (Å²) in [6.45, 7) is 2.28. The minimum absolute atomic E-state index is 0.0501. The lowest BCUT2D eigenvalue weighted by molar-refractivity contribution is -0.130. The first-order valence-corrected chi connectivity index (χ1v) is 11.1. The molecule has 3 aromatic heterocycles. The number of piperazine rings is 1. The van der Waals surface area contributed by atoms with Gasteiger partial charge in [0.05, 0.1) is 29.7 Å². The summed E-state index contributed by atoms with van der Waals surface area (Å²) in [6.07, 6.45) is 5.73. The molecule has 0 radical (unpaired) electrons. The number of fused-ring (bicyclic) bond motifs is 1. The molecule has 4 heterocycles. The molecule has 0 aliphatic carbocycles. The fraction of sp³-hybridized carbons (Fsp3) is 0.238. The van der Waals surface area contributed by atoms with Crippen molar-refractivity contribution in [2.45, 2.75) is 6.42 Å². The van der Waals surface area contributed by atoms with Crippen LogP contribution >= 0.6 is 22.9 Å². The molecule has 0 saturated carbocycles. The molecule has 0 spiro atoms. The van der Waals surface area contributed by atoms with Gasteiger partial charge in [-0.3, -0.25) is 14.0 Å². The maximum atomic E-state index is 12.7. The number of carbonyl (C=O) groups is 1. The maximum absolute atomic E-state index is 12.7. The molecule has 1 aromatic carbocycles. The molecule has 0 atom stereocenters. The minimum atomic E-state index is -0.358. The summed E-state index contributed by atoms with van der Waals surface area (Å²) in [7, 11) is 0. The Kier molecular flexibility index (Phi) is 5.21. The maximum Gasteiger partial charge on any atom is 0.292 e. The molecule has 0 bridgehead atoms. The van der Waals surface area contributed by atoms with E-state index >= 15 is 0 Å². The standard InChI is InChI=1S/C21H19ClN6O2S/c22-19-17(13-23-28(20(19)30)16-4-2-1-3-5-16)25-6-8-26(9-7-25)18(29)12-15-14-27-10-11-31-21(27)24-15/h1-5,10-11,13-14H,6-9,12H2. The van der Waals surface area contributed by atoms with E-state index in [0.29, 0.717) is 37.6 Å². The van der Waals surface area contributed by atoms with E-state index in [1.54, 1.807) is 29.7 Å². The van der Waals surface area contributed by atoms with Crippen molar-refractivity contribution in [3.8, 4) is 5.69 Å². The molecular formula is C21H19ClN6O2S. The van der Waals surface area contributed by atoms with Crippen molar-refractivity contribution in [2.75, 3.05) is 31.1 Å². The van der Waals surface area contributed by atoms with Crippen molar-refractivity contribution >= 4 is 39.5 Å². The highest BCUT2D eigenvalue weighted by Gasteiger charge is 2.24. The molecule has 5 rings (SSSR count). The van der Waals surface area contributed by atoms with Crippen LogP contribution in [0.3, 0.4) is 0 Å². The molecule has 1 amide bonds. The van der Waals surface area contributed by atoms with Crippen molar-refractivity contribution in [1.29, 1.82) is 0 Å². The number of halogens is 1. The van der Waals surface area contributed by atoms with E-state index in [2.05, 4.69) is 10.1 Å². The smallest absolute Gasteiger partial charge is 0.292 e. The molecule has 31 heavy (non-hydrogen) atoms. The number of hydrogen-bond acceptors (Lipinski definition) is 6. The Morgan fingerprint density at radius 2 is 1.90 bits per heavy atom. The van der Waals surface area contributed by atoms with Crippen LogP contribution in [0.25, 0.3) is 10.6 Å². The summed E-state index contributed by atoms with van der Waals surface area (Å²) >= 11 is 7.96. The molecule has 10 heteroatoms. The lowest BCUT2D eigenvalue weighted by Gasteiger charge is -2.36. The van der Waals surface area contributed by atoms with Gasteiger partial charge in [-0.1, -0.05) is 29.8 Å². The number of rotatable bonds is 4. The molecule has 8 nitrogen and oxygen atoms in total. The summed E-state index contributed by atoms with van der Waals surface area (Å²) in [6, 6.07) is 9.17. The van der Waals surface area contributed by atoms with Crippen molar-refractivity contribution in [3.05, 3.63) is 75.4 Å². The van der Waals surface area contributed by atoms with Gasteiger partial charge >= 0.3 is 0 Å². The first-order valence-electron chi connectivity index (χ1n) is 9.87. The third-order valence-corrected chi connectivity index (χ3v) is 6.48. The number of carbonyl (C=O) groups excluding carboxylic acids is 1. The average molecular weight is 455 g/mol. The van der Waals surface area contributed by atoms with Gasteiger partial charge in [-0.25, -0.2) is 4.98 Å². The monoisotopic (exact) mass is 454 g/mol. The number of amides is 1. The predicted octanol–water partition coefficient (Wildman–Crippen LogP) is 2.49. The second kappa shape index (κ2) is 8.16. The number of hydrogen-bond donors (Lipinski definition) is 0. The summed E-state index contributed by atoms with van der Waals surface area (Å²) in [4.78, 5) is 34.6. The number of aromatic nitrogens is 4. The molecule has 1 aliphatic rings. The zero-order valence-corrected chi connectivity index (χ0v) is 18.1. The number of para-hydroxylation sites is 1. The van der Waals surface area contributed by atoms with Crippen LogP contribution in [0.4, 0.5) is 5.69 Å². The molecule has 1 fully saturated rings. The van der Waals surface area contributed by atoms with Crippen molar-refractivity contribution < 1.29 is 4.79 Å². The Labute approximate surface area is 186 Å². The van der Waals surface area contributed by atoms with Gasteiger partial charge in [-0.2, -0.15) is 9.78 Å². The first-order chi connectivity index (χ1) is 15.1. The third-order valence-electron chi connectivity index (χ3n) is 5.35. The van der Waals surface area contributed by atoms with Gasteiger partial charge < -0.3 is 9.80 Å². The molecule has 1 aliphatic heterocycles. The van der Waals surface area contributed by atoms with Crippen molar-refractivity contribution in [2.24, 2.45) is 0 Å². The van der Waals surface area contributed by atoms with Gasteiger partial charge in [0.1, 0.15) is 5.02 Å². The summed E-state index contributed by atoms with van der Waals surface area (Å²) < 4.78 is 3.22. The van der Waals surface area contributed by atoms with Gasteiger partial charge in [0, 0.05) is 44.0 Å². The zero-order valence-electron chi connectivity index (χ0n) is 16.5. The Balaban J connectivity index is 1.26. The highest BCUT2D eigenvalue weighted by Crippen LogP contribution is 2.23. The van der Waals surface area contributed by atoms with Crippen LogP contribution < -0.4 is 10.5 Å². The fourth-order valence-electron chi connectivity index (χ4n) is 3.72. The van der Waals surface area contributed by atoms with Gasteiger partial charge in [0.25, 0.3) is 5.56 Å². The molecule has 0 unspecified atom stereocenters. The van der Waals surface area contributed by atoms with E-state index < -0.39 is 0 Å². The first kappa shape index (κ1) is 19.8. The largest absolute Gasteiger partial charge is 0.365 e. The quantitative estimate of drug-likeness (QED) is 0.473. The third kappa shape index (κ3) is 3.82. The molecule has 158 valence electrons.